The minimum absolute atomic E-state index is 0.0664. The third-order valence-corrected chi connectivity index (χ3v) is 3.26. The van der Waals surface area contributed by atoms with Crippen molar-refractivity contribution in [2.24, 2.45) is 5.92 Å². The van der Waals surface area contributed by atoms with Crippen molar-refractivity contribution in [1.29, 1.82) is 0 Å². The molecule has 0 spiro atoms. The lowest BCUT2D eigenvalue weighted by Gasteiger charge is -2.21. The fourth-order valence-electron chi connectivity index (χ4n) is 2.29. The lowest BCUT2D eigenvalue weighted by molar-refractivity contribution is -0.141. The van der Waals surface area contributed by atoms with Gasteiger partial charge in [0.2, 0.25) is 0 Å². The number of hydrogen-bond acceptors (Lipinski definition) is 3. The van der Waals surface area contributed by atoms with Crippen LogP contribution < -0.4 is 10.6 Å². The van der Waals surface area contributed by atoms with Crippen LogP contribution in [0.25, 0.3) is 0 Å². The summed E-state index contributed by atoms with van der Waals surface area (Å²) in [4.78, 5) is 22.4. The Balaban J connectivity index is 2.00. The molecule has 1 fully saturated rings. The number of rotatable bonds is 6. The molecule has 1 aliphatic carbocycles. The van der Waals surface area contributed by atoms with Gasteiger partial charge in [0.05, 0.1) is 6.61 Å². The van der Waals surface area contributed by atoms with E-state index in [1.54, 1.807) is 6.92 Å². The number of nitrogens with one attached hydrogen (secondary N) is 2. The predicted octanol–water partition coefficient (Wildman–Crippen LogP) is 1.82. The molecule has 0 aromatic heterocycles. The van der Waals surface area contributed by atoms with Gasteiger partial charge in [-0.3, -0.25) is 4.79 Å². The van der Waals surface area contributed by atoms with Crippen molar-refractivity contribution in [1.82, 2.24) is 10.6 Å². The van der Waals surface area contributed by atoms with Crippen LogP contribution in [0.15, 0.2) is 0 Å². The number of carbonyl (C=O) groups is 2. The van der Waals surface area contributed by atoms with Crippen LogP contribution in [0.1, 0.15) is 45.4 Å². The highest BCUT2D eigenvalue weighted by atomic mass is 16.5. The molecule has 1 aliphatic rings. The van der Waals surface area contributed by atoms with Crippen LogP contribution in [0.5, 0.6) is 0 Å². The summed E-state index contributed by atoms with van der Waals surface area (Å²) in [6.07, 6.45) is 7.59. The van der Waals surface area contributed by atoms with Gasteiger partial charge in [-0.15, -0.1) is 0 Å². The summed E-state index contributed by atoms with van der Waals surface area (Å²) in [7, 11) is 0. The van der Waals surface area contributed by atoms with E-state index in [1.807, 2.05) is 0 Å². The molecule has 0 atom stereocenters. The lowest BCUT2D eigenvalue weighted by Crippen LogP contribution is -2.39. The zero-order chi connectivity index (χ0) is 13.2. The second kappa shape index (κ2) is 8.78. The zero-order valence-electron chi connectivity index (χ0n) is 11.2. The van der Waals surface area contributed by atoms with Crippen LogP contribution in [0, 0.1) is 5.92 Å². The number of esters is 1. The van der Waals surface area contributed by atoms with Gasteiger partial charge in [0, 0.05) is 6.54 Å². The molecule has 0 unspecified atom stereocenters. The molecular weight excluding hydrogens is 232 g/mol. The molecule has 5 nitrogen and oxygen atoms in total. The molecular formula is C13H24N2O3. The van der Waals surface area contributed by atoms with E-state index in [9.17, 15) is 9.59 Å². The smallest absolute Gasteiger partial charge is 0.325 e. The Hall–Kier alpha value is -1.26. The molecule has 0 aromatic carbocycles. The third-order valence-electron chi connectivity index (χ3n) is 3.26. The average molecular weight is 256 g/mol. The maximum Gasteiger partial charge on any atom is 0.325 e. The van der Waals surface area contributed by atoms with Crippen LogP contribution in [0.2, 0.25) is 0 Å². The molecule has 0 aliphatic heterocycles. The van der Waals surface area contributed by atoms with E-state index in [1.165, 1.54) is 32.1 Å². The summed E-state index contributed by atoms with van der Waals surface area (Å²) in [5.74, 6) is 0.351. The van der Waals surface area contributed by atoms with Gasteiger partial charge in [0.15, 0.2) is 0 Å². The van der Waals surface area contributed by atoms with Crippen molar-refractivity contribution in [2.45, 2.75) is 45.4 Å². The van der Waals surface area contributed by atoms with Crippen LogP contribution in [0.3, 0.4) is 0 Å². The van der Waals surface area contributed by atoms with Gasteiger partial charge in [-0.1, -0.05) is 32.1 Å². The molecule has 0 bridgehead atoms. The second-order valence-corrected chi connectivity index (χ2v) is 4.71. The second-order valence-electron chi connectivity index (χ2n) is 4.71. The molecule has 1 saturated carbocycles. The molecule has 2 N–H and O–H groups in total. The summed E-state index contributed by atoms with van der Waals surface area (Å²) in [5.41, 5.74) is 0. The van der Waals surface area contributed by atoms with Gasteiger partial charge in [0.1, 0.15) is 6.54 Å². The average Bonchev–Trinajstić information content (AvgIpc) is 2.38. The monoisotopic (exact) mass is 256 g/mol. The van der Waals surface area contributed by atoms with Gasteiger partial charge in [-0.05, 0) is 19.3 Å². The zero-order valence-corrected chi connectivity index (χ0v) is 11.2. The number of amides is 2. The molecule has 104 valence electrons. The van der Waals surface area contributed by atoms with E-state index in [2.05, 4.69) is 10.6 Å². The number of hydrogen-bond donors (Lipinski definition) is 2. The topological polar surface area (TPSA) is 67.4 Å². The molecule has 18 heavy (non-hydrogen) atoms. The molecule has 5 heteroatoms. The van der Waals surface area contributed by atoms with Gasteiger partial charge in [0.25, 0.3) is 0 Å². The van der Waals surface area contributed by atoms with Gasteiger partial charge < -0.3 is 15.4 Å². The molecule has 0 heterocycles. The molecule has 1 rings (SSSR count). The van der Waals surface area contributed by atoms with E-state index >= 15 is 0 Å². The third kappa shape index (κ3) is 6.47. The number of urea groups is 1. The van der Waals surface area contributed by atoms with E-state index in [-0.39, 0.29) is 12.6 Å². The van der Waals surface area contributed by atoms with E-state index < -0.39 is 5.97 Å². The highest BCUT2D eigenvalue weighted by Gasteiger charge is 2.13. The predicted molar refractivity (Wildman–Crippen MR) is 69.2 cm³/mol. The highest BCUT2D eigenvalue weighted by Crippen LogP contribution is 2.25. The Kier molecular flexibility index (Phi) is 7.22. The summed E-state index contributed by atoms with van der Waals surface area (Å²) < 4.78 is 4.71. The van der Waals surface area contributed by atoms with Crippen LogP contribution in [0.4, 0.5) is 4.79 Å². The van der Waals surface area contributed by atoms with Crippen molar-refractivity contribution >= 4 is 12.0 Å². The normalized spacial score (nSPS) is 16.1. The summed E-state index contributed by atoms with van der Waals surface area (Å²) >= 11 is 0. The Labute approximate surface area is 109 Å². The maximum atomic E-state index is 11.4. The molecule has 0 saturated heterocycles. The first-order valence-corrected chi connectivity index (χ1v) is 6.89. The summed E-state index contributed by atoms with van der Waals surface area (Å²) in [5, 5.41) is 5.25. The molecule has 2 amide bonds. The van der Waals surface area contributed by atoms with Crippen molar-refractivity contribution in [3.05, 3.63) is 0 Å². The Morgan fingerprint density at radius 1 is 1.17 bits per heavy atom. The Morgan fingerprint density at radius 3 is 2.56 bits per heavy atom. The van der Waals surface area contributed by atoms with Crippen LogP contribution in [-0.4, -0.2) is 31.7 Å². The van der Waals surface area contributed by atoms with Crippen molar-refractivity contribution in [3.8, 4) is 0 Å². The Bertz CT molecular complexity index is 263. The number of ether oxygens (including phenoxy) is 1. The molecule has 0 aromatic rings. The standard InChI is InChI=1S/C13H24N2O3/c1-2-18-12(16)10-15-13(17)14-9-8-11-6-4-3-5-7-11/h11H,2-10H2,1H3,(H2,14,15,17). The number of carbonyl (C=O) groups excluding carboxylic acids is 2. The largest absolute Gasteiger partial charge is 0.465 e. The van der Waals surface area contributed by atoms with Crippen molar-refractivity contribution in [3.63, 3.8) is 0 Å². The van der Waals surface area contributed by atoms with Crippen molar-refractivity contribution < 1.29 is 14.3 Å². The fraction of sp³-hybridized carbons (Fsp3) is 0.846. The quantitative estimate of drug-likeness (QED) is 0.712. The van der Waals surface area contributed by atoms with E-state index in [0.717, 1.165) is 12.3 Å². The summed E-state index contributed by atoms with van der Waals surface area (Å²) in [6, 6.07) is -0.293. The minimum atomic E-state index is -0.403. The van der Waals surface area contributed by atoms with Crippen LogP contribution in [-0.2, 0) is 9.53 Å². The molecule has 0 radical (unpaired) electrons. The SMILES string of the molecule is CCOC(=O)CNC(=O)NCCC1CCCCC1. The first kappa shape index (κ1) is 14.8. The summed E-state index contributed by atoms with van der Waals surface area (Å²) in [6.45, 7) is 2.69. The highest BCUT2D eigenvalue weighted by molar-refractivity contribution is 5.80. The lowest BCUT2D eigenvalue weighted by atomic mass is 9.87. The van der Waals surface area contributed by atoms with E-state index in [4.69, 9.17) is 4.74 Å². The van der Waals surface area contributed by atoms with Gasteiger partial charge >= 0.3 is 12.0 Å². The van der Waals surface area contributed by atoms with Crippen LogP contribution >= 0.6 is 0 Å². The first-order valence-electron chi connectivity index (χ1n) is 6.89. The maximum absolute atomic E-state index is 11.4. The Morgan fingerprint density at radius 2 is 1.89 bits per heavy atom. The minimum Gasteiger partial charge on any atom is -0.465 e. The fourth-order valence-corrected chi connectivity index (χ4v) is 2.29. The van der Waals surface area contributed by atoms with Crippen molar-refractivity contribution in [2.75, 3.05) is 19.7 Å². The van der Waals surface area contributed by atoms with E-state index in [0.29, 0.717) is 13.2 Å². The first-order chi connectivity index (χ1) is 8.72. The van der Waals surface area contributed by atoms with Gasteiger partial charge in [-0.25, -0.2) is 4.79 Å². The van der Waals surface area contributed by atoms with Gasteiger partial charge in [-0.2, -0.15) is 0 Å².